The minimum atomic E-state index is -0.545. The summed E-state index contributed by atoms with van der Waals surface area (Å²) >= 11 is 0. The molecule has 1 aliphatic rings. The van der Waals surface area contributed by atoms with E-state index in [2.05, 4.69) is 32.0 Å². The van der Waals surface area contributed by atoms with Gasteiger partial charge in [0.15, 0.2) is 0 Å². The predicted molar refractivity (Wildman–Crippen MR) is 73.4 cm³/mol. The van der Waals surface area contributed by atoms with Crippen molar-refractivity contribution in [1.29, 1.82) is 0 Å². The number of nitrogens with zero attached hydrogens (tertiary/aromatic N) is 1. The summed E-state index contributed by atoms with van der Waals surface area (Å²) in [4.78, 5) is 13.8. The van der Waals surface area contributed by atoms with Gasteiger partial charge in [0.25, 0.3) is 0 Å². The second-order valence-corrected chi connectivity index (χ2v) is 5.56. The number of nitrogens with two attached hydrogens (primary N) is 1. The summed E-state index contributed by atoms with van der Waals surface area (Å²) in [6.45, 7) is 4.95. The number of aryl methyl sites for hydroxylation is 2. The molecule has 0 aromatic heterocycles. The molecular formula is C15H22N2O. The van der Waals surface area contributed by atoms with Crippen molar-refractivity contribution in [3.05, 3.63) is 34.9 Å². The predicted octanol–water partition coefficient (Wildman–Crippen LogP) is 1.80. The van der Waals surface area contributed by atoms with Crippen LogP contribution in [-0.4, -0.2) is 29.9 Å². The minimum absolute atomic E-state index is 0.0906. The monoisotopic (exact) mass is 246 g/mol. The van der Waals surface area contributed by atoms with E-state index in [1.165, 1.54) is 16.7 Å². The van der Waals surface area contributed by atoms with Gasteiger partial charge in [-0.25, -0.2) is 0 Å². The second-order valence-electron chi connectivity index (χ2n) is 5.56. The molecule has 98 valence electrons. The van der Waals surface area contributed by atoms with E-state index in [1.54, 1.807) is 4.90 Å². The molecule has 1 aromatic carbocycles. The van der Waals surface area contributed by atoms with Crippen LogP contribution < -0.4 is 5.73 Å². The van der Waals surface area contributed by atoms with Crippen LogP contribution in [0.4, 0.5) is 0 Å². The molecule has 0 heterocycles. The van der Waals surface area contributed by atoms with Crippen LogP contribution in [-0.2, 0) is 11.2 Å². The summed E-state index contributed by atoms with van der Waals surface area (Å²) < 4.78 is 0. The van der Waals surface area contributed by atoms with Gasteiger partial charge >= 0.3 is 0 Å². The molecule has 3 nitrogen and oxygen atoms in total. The fourth-order valence-corrected chi connectivity index (χ4v) is 2.19. The van der Waals surface area contributed by atoms with E-state index in [4.69, 9.17) is 5.73 Å². The van der Waals surface area contributed by atoms with Crippen LogP contribution in [0.1, 0.15) is 29.5 Å². The van der Waals surface area contributed by atoms with Crippen molar-refractivity contribution in [1.82, 2.24) is 4.90 Å². The first-order valence-corrected chi connectivity index (χ1v) is 6.53. The van der Waals surface area contributed by atoms with E-state index in [-0.39, 0.29) is 5.91 Å². The zero-order chi connectivity index (χ0) is 13.3. The molecule has 1 saturated carbocycles. The quantitative estimate of drug-likeness (QED) is 0.880. The van der Waals surface area contributed by atoms with E-state index in [9.17, 15) is 4.79 Å². The lowest BCUT2D eigenvalue weighted by Crippen LogP contribution is -2.44. The summed E-state index contributed by atoms with van der Waals surface area (Å²) in [6.07, 6.45) is 2.56. The Balaban J connectivity index is 1.95. The Kier molecular flexibility index (Phi) is 3.44. The van der Waals surface area contributed by atoms with Gasteiger partial charge in [-0.05, 0) is 44.2 Å². The first-order valence-electron chi connectivity index (χ1n) is 6.53. The molecule has 3 heteroatoms. The van der Waals surface area contributed by atoms with Gasteiger partial charge in [-0.15, -0.1) is 0 Å². The number of likely N-dealkylation sites (N-methyl/N-ethyl adjacent to an activating group) is 1. The number of carbonyl (C=O) groups excluding carboxylic acids is 1. The van der Waals surface area contributed by atoms with Crippen LogP contribution in [0.3, 0.4) is 0 Å². The van der Waals surface area contributed by atoms with Gasteiger partial charge in [0.05, 0.1) is 5.54 Å². The van der Waals surface area contributed by atoms with E-state index in [1.807, 2.05) is 7.05 Å². The van der Waals surface area contributed by atoms with Gasteiger partial charge in [0.2, 0.25) is 5.91 Å². The van der Waals surface area contributed by atoms with Crippen LogP contribution in [0.25, 0.3) is 0 Å². The Morgan fingerprint density at radius 3 is 2.67 bits per heavy atom. The summed E-state index contributed by atoms with van der Waals surface area (Å²) in [6, 6.07) is 6.45. The zero-order valence-electron chi connectivity index (χ0n) is 11.5. The lowest BCUT2D eigenvalue weighted by atomic mass is 10.0. The maximum Gasteiger partial charge on any atom is 0.242 e. The molecule has 0 atom stereocenters. The van der Waals surface area contributed by atoms with Crippen molar-refractivity contribution in [2.45, 2.75) is 38.6 Å². The molecule has 1 amide bonds. The van der Waals surface area contributed by atoms with Gasteiger partial charge in [-0.2, -0.15) is 0 Å². The second kappa shape index (κ2) is 4.73. The Morgan fingerprint density at radius 1 is 1.39 bits per heavy atom. The summed E-state index contributed by atoms with van der Waals surface area (Å²) in [5.74, 6) is 0.0906. The summed E-state index contributed by atoms with van der Waals surface area (Å²) in [5.41, 5.74) is 9.25. The highest BCUT2D eigenvalue weighted by Gasteiger charge is 2.47. The highest BCUT2D eigenvalue weighted by Crippen LogP contribution is 2.33. The minimum Gasteiger partial charge on any atom is -0.344 e. The number of amides is 1. The third-order valence-electron chi connectivity index (χ3n) is 3.78. The van der Waals surface area contributed by atoms with Crippen molar-refractivity contribution in [2.75, 3.05) is 13.6 Å². The average molecular weight is 246 g/mol. The van der Waals surface area contributed by atoms with Crippen molar-refractivity contribution in [3.8, 4) is 0 Å². The molecule has 0 radical (unpaired) electrons. The molecule has 1 fully saturated rings. The van der Waals surface area contributed by atoms with Crippen molar-refractivity contribution >= 4 is 5.91 Å². The number of hydrogen-bond donors (Lipinski definition) is 1. The van der Waals surface area contributed by atoms with Crippen LogP contribution >= 0.6 is 0 Å². The smallest absolute Gasteiger partial charge is 0.242 e. The molecule has 0 unspecified atom stereocenters. The molecule has 0 spiro atoms. The molecule has 2 N–H and O–H groups in total. The Morgan fingerprint density at radius 2 is 2.06 bits per heavy atom. The van der Waals surface area contributed by atoms with Gasteiger partial charge < -0.3 is 10.6 Å². The van der Waals surface area contributed by atoms with Gasteiger partial charge in [0, 0.05) is 13.6 Å². The number of carbonyl (C=O) groups is 1. The highest BCUT2D eigenvalue weighted by molar-refractivity contribution is 5.88. The molecule has 18 heavy (non-hydrogen) atoms. The van der Waals surface area contributed by atoms with Crippen LogP contribution in [0, 0.1) is 13.8 Å². The maximum atomic E-state index is 12.0. The maximum absolute atomic E-state index is 12.0. The third kappa shape index (κ3) is 2.72. The van der Waals surface area contributed by atoms with E-state index >= 15 is 0 Å². The topological polar surface area (TPSA) is 46.3 Å². The molecule has 0 bridgehead atoms. The standard InChI is InChI=1S/C15H22N2O/c1-11-4-5-12(2)13(10-11)6-9-17(3)14(18)15(16)7-8-15/h4-5,10H,6-9,16H2,1-3H3. The highest BCUT2D eigenvalue weighted by atomic mass is 16.2. The molecule has 1 aliphatic carbocycles. The first-order chi connectivity index (χ1) is 8.42. The normalized spacial score (nSPS) is 16.4. The van der Waals surface area contributed by atoms with Crippen LogP contribution in [0.5, 0.6) is 0 Å². The van der Waals surface area contributed by atoms with Crippen molar-refractivity contribution < 1.29 is 4.79 Å². The lowest BCUT2D eigenvalue weighted by molar-refractivity contribution is -0.132. The van der Waals surface area contributed by atoms with Crippen molar-refractivity contribution in [3.63, 3.8) is 0 Å². The first kappa shape index (κ1) is 13.1. The number of rotatable bonds is 4. The third-order valence-corrected chi connectivity index (χ3v) is 3.78. The number of hydrogen-bond acceptors (Lipinski definition) is 2. The fraction of sp³-hybridized carbons (Fsp3) is 0.533. The lowest BCUT2D eigenvalue weighted by Gasteiger charge is -2.21. The Bertz CT molecular complexity index is 464. The molecular weight excluding hydrogens is 224 g/mol. The molecule has 2 rings (SSSR count). The van der Waals surface area contributed by atoms with Gasteiger partial charge in [0.1, 0.15) is 0 Å². The molecule has 0 saturated heterocycles. The van der Waals surface area contributed by atoms with E-state index < -0.39 is 5.54 Å². The van der Waals surface area contributed by atoms with Crippen LogP contribution in [0.2, 0.25) is 0 Å². The van der Waals surface area contributed by atoms with Gasteiger partial charge in [-0.3, -0.25) is 4.79 Å². The van der Waals surface area contributed by atoms with Crippen LogP contribution in [0.15, 0.2) is 18.2 Å². The van der Waals surface area contributed by atoms with Crippen molar-refractivity contribution in [2.24, 2.45) is 5.73 Å². The molecule has 1 aromatic rings. The zero-order valence-corrected chi connectivity index (χ0v) is 11.5. The van der Waals surface area contributed by atoms with E-state index in [0.29, 0.717) is 0 Å². The summed E-state index contributed by atoms with van der Waals surface area (Å²) in [5, 5.41) is 0. The SMILES string of the molecule is Cc1ccc(C)c(CCN(C)C(=O)C2(N)CC2)c1. The molecule has 0 aliphatic heterocycles. The Hall–Kier alpha value is -1.35. The summed E-state index contributed by atoms with van der Waals surface area (Å²) in [7, 11) is 1.85. The largest absolute Gasteiger partial charge is 0.344 e. The average Bonchev–Trinajstić information content (AvgIpc) is 3.08. The fourth-order valence-electron chi connectivity index (χ4n) is 2.19. The number of benzene rings is 1. The van der Waals surface area contributed by atoms with E-state index in [0.717, 1.165) is 25.8 Å². The van der Waals surface area contributed by atoms with Gasteiger partial charge in [-0.1, -0.05) is 23.8 Å². The Labute approximate surface area is 109 Å².